The number of carbonyl (C=O) groups excluding carboxylic acids is 1. The van der Waals surface area contributed by atoms with E-state index in [9.17, 15) is 9.18 Å². The molecule has 5 aromatic rings. The van der Waals surface area contributed by atoms with E-state index >= 15 is 0 Å². The van der Waals surface area contributed by atoms with E-state index in [1.807, 2.05) is 16.8 Å². The molecule has 1 amide bonds. The molecule has 0 saturated heterocycles. The second-order valence-corrected chi connectivity index (χ2v) is 10.1. The quantitative estimate of drug-likeness (QED) is 0.254. The number of fused-ring (bicyclic) bond motifs is 1. The number of nitrogens with one attached hydrogen (secondary N) is 1. The van der Waals surface area contributed by atoms with Gasteiger partial charge in [0.25, 0.3) is 5.91 Å². The van der Waals surface area contributed by atoms with E-state index in [0.717, 1.165) is 11.1 Å². The topological polar surface area (TPSA) is 143 Å². The summed E-state index contributed by atoms with van der Waals surface area (Å²) >= 11 is 0. The maximum absolute atomic E-state index is 14.4. The fourth-order valence-electron chi connectivity index (χ4n) is 4.85. The highest BCUT2D eigenvalue weighted by Crippen LogP contribution is 2.38. The molecule has 3 heterocycles. The Bertz CT molecular complexity index is 1860. The van der Waals surface area contributed by atoms with E-state index in [0.29, 0.717) is 52.7 Å². The summed E-state index contributed by atoms with van der Waals surface area (Å²) in [7, 11) is 0. The standard InChI is InChI=1S/C31H27FN8O3/c1-3-4-27(41)38-22-11-23(12-22)40-31-28(30(33)36-17-37-31)29(39-40)20-5-7-24(8-6-20)43-26-10-21(32)9-25(13-26)42-16-19-14-34-18(2)35-15-19/h5-10,13-15,17,22-23H,11-12,16H2,1-2H3,(H,38,41)(H2,33,36,37). The monoisotopic (exact) mass is 578 g/mol. The van der Waals surface area contributed by atoms with Crippen LogP contribution in [-0.4, -0.2) is 41.7 Å². The zero-order valence-electron chi connectivity index (χ0n) is 23.4. The first kappa shape index (κ1) is 27.6. The number of nitrogens with zero attached hydrogens (tertiary/aromatic N) is 6. The molecule has 43 heavy (non-hydrogen) atoms. The molecule has 6 rings (SSSR count). The molecule has 1 fully saturated rings. The van der Waals surface area contributed by atoms with Gasteiger partial charge in [0.15, 0.2) is 5.65 Å². The molecule has 2 aromatic carbocycles. The van der Waals surface area contributed by atoms with E-state index < -0.39 is 5.82 Å². The number of halogens is 1. The minimum atomic E-state index is -0.493. The highest BCUT2D eigenvalue weighted by Gasteiger charge is 2.34. The van der Waals surface area contributed by atoms with Crippen LogP contribution in [0.2, 0.25) is 0 Å². The van der Waals surface area contributed by atoms with Crippen molar-refractivity contribution < 1.29 is 18.7 Å². The molecule has 216 valence electrons. The highest BCUT2D eigenvalue weighted by molar-refractivity contribution is 5.98. The average Bonchev–Trinajstić information content (AvgIpc) is 3.35. The third kappa shape index (κ3) is 6.06. The summed E-state index contributed by atoms with van der Waals surface area (Å²) < 4.78 is 27.9. The first-order valence-electron chi connectivity index (χ1n) is 13.6. The number of aromatic nitrogens is 6. The fourth-order valence-corrected chi connectivity index (χ4v) is 4.85. The Morgan fingerprint density at radius 1 is 1.07 bits per heavy atom. The molecule has 1 aliphatic rings. The molecule has 1 aliphatic carbocycles. The number of ether oxygens (including phenoxy) is 2. The number of hydrogen-bond acceptors (Lipinski definition) is 9. The van der Waals surface area contributed by atoms with Gasteiger partial charge in [-0.15, -0.1) is 0 Å². The average molecular weight is 579 g/mol. The van der Waals surface area contributed by atoms with E-state index in [2.05, 4.69) is 37.1 Å². The molecule has 3 aromatic heterocycles. The highest BCUT2D eigenvalue weighted by atomic mass is 19.1. The van der Waals surface area contributed by atoms with Gasteiger partial charge in [0, 0.05) is 47.8 Å². The van der Waals surface area contributed by atoms with E-state index in [1.54, 1.807) is 44.4 Å². The van der Waals surface area contributed by atoms with Gasteiger partial charge >= 0.3 is 0 Å². The van der Waals surface area contributed by atoms with Crippen molar-refractivity contribution in [2.24, 2.45) is 0 Å². The second kappa shape index (κ2) is 11.7. The summed E-state index contributed by atoms with van der Waals surface area (Å²) in [5.74, 6) is 6.40. The number of amides is 1. The molecule has 0 bridgehead atoms. The Hall–Kier alpha value is -5.57. The molecule has 3 N–H and O–H groups in total. The van der Waals surface area contributed by atoms with Crippen molar-refractivity contribution >= 4 is 22.8 Å². The molecule has 11 nitrogen and oxygen atoms in total. The molecule has 1 saturated carbocycles. The van der Waals surface area contributed by atoms with Gasteiger partial charge in [-0.1, -0.05) is 5.92 Å². The smallest absolute Gasteiger partial charge is 0.296 e. The van der Waals surface area contributed by atoms with Crippen molar-refractivity contribution in [3.8, 4) is 40.3 Å². The lowest BCUT2D eigenvalue weighted by Crippen LogP contribution is -2.44. The van der Waals surface area contributed by atoms with Crippen molar-refractivity contribution in [1.29, 1.82) is 0 Å². The summed E-state index contributed by atoms with van der Waals surface area (Å²) in [4.78, 5) is 28.7. The van der Waals surface area contributed by atoms with Gasteiger partial charge in [0.1, 0.15) is 53.3 Å². The number of anilines is 1. The van der Waals surface area contributed by atoms with E-state index in [-0.39, 0.29) is 30.3 Å². The third-order valence-electron chi connectivity index (χ3n) is 7.00. The van der Waals surface area contributed by atoms with E-state index in [4.69, 9.17) is 20.3 Å². The maximum atomic E-state index is 14.4. The van der Waals surface area contributed by atoms with Crippen molar-refractivity contribution in [2.75, 3.05) is 5.73 Å². The van der Waals surface area contributed by atoms with Gasteiger partial charge < -0.3 is 20.5 Å². The predicted molar refractivity (Wildman–Crippen MR) is 156 cm³/mol. The van der Waals surface area contributed by atoms with Crippen LogP contribution in [0.15, 0.2) is 61.2 Å². The van der Waals surface area contributed by atoms with Gasteiger partial charge in [-0.3, -0.25) is 4.79 Å². The van der Waals surface area contributed by atoms with Crippen LogP contribution in [0.3, 0.4) is 0 Å². The first-order chi connectivity index (χ1) is 20.9. The zero-order chi connectivity index (χ0) is 29.9. The number of nitrogens with two attached hydrogens (primary N) is 1. The van der Waals surface area contributed by atoms with Crippen LogP contribution in [0.4, 0.5) is 10.2 Å². The van der Waals surface area contributed by atoms with Gasteiger partial charge in [-0.25, -0.2) is 29.0 Å². The fraction of sp³-hybridized carbons (Fsp3) is 0.226. The van der Waals surface area contributed by atoms with Crippen molar-refractivity contribution in [3.63, 3.8) is 0 Å². The summed E-state index contributed by atoms with van der Waals surface area (Å²) in [5, 5.41) is 8.40. The number of rotatable bonds is 8. The minimum Gasteiger partial charge on any atom is -0.489 e. The largest absolute Gasteiger partial charge is 0.489 e. The Morgan fingerprint density at radius 3 is 2.56 bits per heavy atom. The molecule has 0 atom stereocenters. The lowest BCUT2D eigenvalue weighted by Gasteiger charge is -2.35. The van der Waals surface area contributed by atoms with Gasteiger partial charge in [-0.2, -0.15) is 5.10 Å². The zero-order valence-corrected chi connectivity index (χ0v) is 23.4. The summed E-state index contributed by atoms with van der Waals surface area (Å²) in [5.41, 5.74) is 9.06. The van der Waals surface area contributed by atoms with Crippen LogP contribution in [0.1, 0.15) is 37.2 Å². The van der Waals surface area contributed by atoms with Crippen LogP contribution in [0, 0.1) is 24.6 Å². The van der Waals surface area contributed by atoms with Crippen molar-refractivity contribution in [3.05, 3.63) is 78.4 Å². The summed E-state index contributed by atoms with van der Waals surface area (Å²) in [6.07, 6.45) is 6.14. The van der Waals surface area contributed by atoms with Crippen LogP contribution >= 0.6 is 0 Å². The lowest BCUT2D eigenvalue weighted by atomic mass is 9.87. The molecule has 0 spiro atoms. The molecule has 0 radical (unpaired) electrons. The number of hydrogen-bond donors (Lipinski definition) is 2. The molecule has 12 heteroatoms. The Kier molecular flexibility index (Phi) is 7.53. The molecule has 0 aliphatic heterocycles. The predicted octanol–water partition coefficient (Wildman–Crippen LogP) is 4.53. The molecular weight excluding hydrogens is 551 g/mol. The Balaban J connectivity index is 1.18. The number of nitrogen functional groups attached to an aromatic ring is 1. The summed E-state index contributed by atoms with van der Waals surface area (Å²) in [6.45, 7) is 3.61. The van der Waals surface area contributed by atoms with Crippen LogP contribution < -0.4 is 20.5 Å². The third-order valence-corrected chi connectivity index (χ3v) is 7.00. The maximum Gasteiger partial charge on any atom is 0.296 e. The Labute approximate surface area is 246 Å². The van der Waals surface area contributed by atoms with Gasteiger partial charge in [-0.05, 0) is 56.9 Å². The lowest BCUT2D eigenvalue weighted by molar-refractivity contribution is -0.117. The second-order valence-electron chi connectivity index (χ2n) is 10.1. The number of carbonyl (C=O) groups is 1. The van der Waals surface area contributed by atoms with Crippen LogP contribution in [-0.2, 0) is 11.4 Å². The molecular formula is C31H27FN8O3. The Morgan fingerprint density at radius 2 is 1.81 bits per heavy atom. The number of aryl methyl sites for hydroxylation is 1. The first-order valence-corrected chi connectivity index (χ1v) is 13.6. The summed E-state index contributed by atoms with van der Waals surface area (Å²) in [6, 6.07) is 11.4. The normalized spacial score (nSPS) is 15.7. The van der Waals surface area contributed by atoms with Gasteiger partial charge in [0.05, 0.1) is 11.4 Å². The van der Waals surface area contributed by atoms with Crippen molar-refractivity contribution in [1.82, 2.24) is 35.0 Å². The van der Waals surface area contributed by atoms with Gasteiger partial charge in [0.2, 0.25) is 0 Å². The minimum absolute atomic E-state index is 0.0158. The van der Waals surface area contributed by atoms with E-state index in [1.165, 1.54) is 18.5 Å². The van der Waals surface area contributed by atoms with Crippen LogP contribution in [0.5, 0.6) is 17.2 Å². The SMILES string of the molecule is CC#CC(=O)NC1CC(n2nc(-c3ccc(Oc4cc(F)cc(OCc5cnc(C)nc5)c4)cc3)c3c(N)ncnc32)C1. The van der Waals surface area contributed by atoms with Crippen molar-refractivity contribution in [2.45, 2.75) is 45.4 Å². The number of benzene rings is 2. The van der Waals surface area contributed by atoms with Crippen LogP contribution in [0.25, 0.3) is 22.3 Å². The molecule has 0 unspecified atom stereocenters.